The second-order valence-corrected chi connectivity index (χ2v) is 5.88. The fourth-order valence-electron chi connectivity index (χ4n) is 2.66. The molecule has 2 atom stereocenters. The fraction of sp³-hybridized carbons (Fsp3) is 0.846. The highest BCUT2D eigenvalue weighted by Gasteiger charge is 2.29. The van der Waals surface area contributed by atoms with Crippen molar-refractivity contribution < 1.29 is 14.7 Å². The molecule has 1 fully saturated rings. The quantitative estimate of drug-likeness (QED) is 0.806. The number of carbonyl (C=O) groups is 2. The van der Waals surface area contributed by atoms with E-state index in [9.17, 15) is 9.59 Å². The van der Waals surface area contributed by atoms with E-state index in [2.05, 4.69) is 6.92 Å². The lowest BCUT2D eigenvalue weighted by atomic mass is 9.85. The number of nitrogens with zero attached hydrogens (tertiary/aromatic N) is 1. The lowest BCUT2D eigenvalue weighted by Crippen LogP contribution is -2.46. The molecule has 18 heavy (non-hydrogen) atoms. The smallest absolute Gasteiger partial charge is 0.313 e. The van der Waals surface area contributed by atoms with E-state index in [1.807, 2.05) is 11.8 Å². The van der Waals surface area contributed by atoms with Gasteiger partial charge < -0.3 is 10.0 Å². The van der Waals surface area contributed by atoms with Crippen LogP contribution in [-0.4, -0.2) is 46.0 Å². The average Bonchev–Trinajstić information content (AvgIpc) is 2.32. The molecule has 4 nitrogen and oxygen atoms in total. The van der Waals surface area contributed by atoms with Gasteiger partial charge in [-0.2, -0.15) is 0 Å². The van der Waals surface area contributed by atoms with Crippen LogP contribution in [0.5, 0.6) is 0 Å². The first-order valence-corrected chi connectivity index (χ1v) is 7.80. The lowest BCUT2D eigenvalue weighted by Gasteiger charge is -2.38. The number of thioether (sulfide) groups is 1. The minimum atomic E-state index is -0.859. The molecule has 1 saturated carbocycles. The Balaban J connectivity index is 2.48. The zero-order valence-electron chi connectivity index (χ0n) is 11.2. The Morgan fingerprint density at radius 1 is 1.28 bits per heavy atom. The monoisotopic (exact) mass is 273 g/mol. The maximum Gasteiger partial charge on any atom is 0.313 e. The number of hydrogen-bond acceptors (Lipinski definition) is 3. The van der Waals surface area contributed by atoms with Gasteiger partial charge in [0, 0.05) is 12.6 Å². The van der Waals surface area contributed by atoms with E-state index in [0.717, 1.165) is 13.0 Å². The van der Waals surface area contributed by atoms with Gasteiger partial charge in [-0.05, 0) is 25.7 Å². The van der Waals surface area contributed by atoms with E-state index in [4.69, 9.17) is 5.11 Å². The highest BCUT2D eigenvalue weighted by Crippen LogP contribution is 2.28. The van der Waals surface area contributed by atoms with Crippen molar-refractivity contribution in [2.45, 2.75) is 45.6 Å². The van der Waals surface area contributed by atoms with Crippen molar-refractivity contribution >= 4 is 23.6 Å². The van der Waals surface area contributed by atoms with Crippen molar-refractivity contribution in [3.8, 4) is 0 Å². The van der Waals surface area contributed by atoms with Gasteiger partial charge in [-0.1, -0.05) is 19.8 Å². The van der Waals surface area contributed by atoms with E-state index in [0.29, 0.717) is 12.0 Å². The zero-order chi connectivity index (χ0) is 13.5. The molecule has 0 aromatic carbocycles. The minimum Gasteiger partial charge on any atom is -0.481 e. The Bertz CT molecular complexity index is 296. The highest BCUT2D eigenvalue weighted by molar-refractivity contribution is 8.00. The SMILES string of the molecule is CCN(C(=O)CSCC(=O)O)C1CCCCC1C. The predicted molar refractivity (Wildman–Crippen MR) is 73.8 cm³/mol. The molecule has 0 heterocycles. The van der Waals surface area contributed by atoms with Crippen LogP contribution in [0.15, 0.2) is 0 Å². The van der Waals surface area contributed by atoms with Gasteiger partial charge in [0.2, 0.25) is 5.91 Å². The second kappa shape index (κ2) is 7.67. The summed E-state index contributed by atoms with van der Waals surface area (Å²) < 4.78 is 0. The Morgan fingerprint density at radius 2 is 1.94 bits per heavy atom. The molecule has 1 rings (SSSR count). The van der Waals surface area contributed by atoms with Crippen LogP contribution >= 0.6 is 11.8 Å². The first kappa shape index (κ1) is 15.3. The summed E-state index contributed by atoms with van der Waals surface area (Å²) in [6, 6.07) is 0.349. The van der Waals surface area contributed by atoms with E-state index < -0.39 is 5.97 Å². The van der Waals surface area contributed by atoms with E-state index in [1.54, 1.807) is 0 Å². The van der Waals surface area contributed by atoms with Gasteiger partial charge in [-0.25, -0.2) is 0 Å². The molecular weight excluding hydrogens is 250 g/mol. The molecule has 1 aliphatic rings. The summed E-state index contributed by atoms with van der Waals surface area (Å²) in [4.78, 5) is 24.5. The van der Waals surface area contributed by atoms with Gasteiger partial charge in [-0.3, -0.25) is 9.59 Å². The number of carboxylic acids is 1. The van der Waals surface area contributed by atoms with Gasteiger partial charge in [0.1, 0.15) is 0 Å². The van der Waals surface area contributed by atoms with Crippen LogP contribution in [0.1, 0.15) is 39.5 Å². The Hall–Kier alpha value is -0.710. The lowest BCUT2D eigenvalue weighted by molar-refractivity contribution is -0.134. The van der Waals surface area contributed by atoms with Gasteiger partial charge in [0.25, 0.3) is 0 Å². The predicted octanol–water partition coefficient (Wildman–Crippen LogP) is 2.23. The standard InChI is InChI=1S/C13H23NO3S/c1-3-14(11-7-5-4-6-10(11)2)12(15)8-18-9-13(16)17/h10-11H,3-9H2,1-2H3,(H,16,17). The molecule has 1 N–H and O–H groups in total. The fourth-order valence-corrected chi connectivity index (χ4v) is 3.28. The maximum atomic E-state index is 12.1. The first-order valence-electron chi connectivity index (χ1n) is 6.65. The number of carbonyl (C=O) groups excluding carboxylic acids is 1. The topological polar surface area (TPSA) is 57.6 Å². The van der Waals surface area contributed by atoms with Crippen LogP contribution in [0.4, 0.5) is 0 Å². The van der Waals surface area contributed by atoms with Crippen LogP contribution in [-0.2, 0) is 9.59 Å². The molecule has 0 saturated heterocycles. The molecule has 2 unspecified atom stereocenters. The molecule has 1 aliphatic carbocycles. The number of aliphatic carboxylic acids is 1. The second-order valence-electron chi connectivity index (χ2n) is 4.90. The summed E-state index contributed by atoms with van der Waals surface area (Å²) in [5, 5.41) is 8.57. The minimum absolute atomic E-state index is 0.00349. The number of amides is 1. The summed E-state index contributed by atoms with van der Waals surface area (Å²) >= 11 is 1.19. The van der Waals surface area contributed by atoms with Crippen molar-refractivity contribution in [3.05, 3.63) is 0 Å². The van der Waals surface area contributed by atoms with E-state index >= 15 is 0 Å². The zero-order valence-corrected chi connectivity index (χ0v) is 12.0. The molecule has 0 aromatic rings. The maximum absolute atomic E-state index is 12.1. The summed E-state index contributed by atoms with van der Waals surface area (Å²) in [5.41, 5.74) is 0. The summed E-state index contributed by atoms with van der Waals surface area (Å²) in [5.74, 6) is 0.0730. The molecule has 0 aromatic heterocycles. The third-order valence-corrected chi connectivity index (χ3v) is 4.48. The van der Waals surface area contributed by atoms with Crippen LogP contribution < -0.4 is 0 Å². The van der Waals surface area contributed by atoms with Crippen molar-refractivity contribution in [2.75, 3.05) is 18.1 Å². The molecular formula is C13H23NO3S. The van der Waals surface area contributed by atoms with Gasteiger partial charge in [-0.15, -0.1) is 11.8 Å². The number of carboxylic acid groups (broad SMARTS) is 1. The molecule has 104 valence electrons. The first-order chi connectivity index (χ1) is 8.56. The molecule has 0 aliphatic heterocycles. The summed E-state index contributed by atoms with van der Waals surface area (Å²) in [7, 11) is 0. The van der Waals surface area contributed by atoms with Gasteiger partial charge in [0.05, 0.1) is 11.5 Å². The van der Waals surface area contributed by atoms with Crippen LogP contribution in [0.25, 0.3) is 0 Å². The molecule has 0 bridgehead atoms. The average molecular weight is 273 g/mol. The van der Waals surface area contributed by atoms with E-state index in [1.165, 1.54) is 31.0 Å². The molecule has 0 spiro atoms. The van der Waals surface area contributed by atoms with Crippen molar-refractivity contribution in [3.63, 3.8) is 0 Å². The van der Waals surface area contributed by atoms with Gasteiger partial charge in [0.15, 0.2) is 0 Å². The number of rotatable bonds is 6. The molecule has 1 amide bonds. The largest absolute Gasteiger partial charge is 0.481 e. The summed E-state index contributed by atoms with van der Waals surface area (Å²) in [6.07, 6.45) is 4.74. The third-order valence-electron chi connectivity index (χ3n) is 3.58. The highest BCUT2D eigenvalue weighted by atomic mass is 32.2. The van der Waals surface area contributed by atoms with Crippen molar-refractivity contribution in [1.82, 2.24) is 4.90 Å². The van der Waals surface area contributed by atoms with Crippen LogP contribution in [0.3, 0.4) is 0 Å². The Morgan fingerprint density at radius 3 is 2.50 bits per heavy atom. The number of hydrogen-bond donors (Lipinski definition) is 1. The third kappa shape index (κ3) is 4.52. The van der Waals surface area contributed by atoms with Crippen LogP contribution in [0, 0.1) is 5.92 Å². The summed E-state index contributed by atoms with van der Waals surface area (Å²) in [6.45, 7) is 4.94. The van der Waals surface area contributed by atoms with Crippen LogP contribution in [0.2, 0.25) is 0 Å². The Labute approximate surface area is 113 Å². The normalized spacial score (nSPS) is 23.7. The van der Waals surface area contributed by atoms with E-state index in [-0.39, 0.29) is 17.4 Å². The Kier molecular flexibility index (Phi) is 6.54. The van der Waals surface area contributed by atoms with Crippen molar-refractivity contribution in [2.24, 2.45) is 5.92 Å². The molecule has 5 heteroatoms. The van der Waals surface area contributed by atoms with Gasteiger partial charge >= 0.3 is 5.97 Å². The molecule has 0 radical (unpaired) electrons. The van der Waals surface area contributed by atoms with Crippen molar-refractivity contribution in [1.29, 1.82) is 0 Å².